The van der Waals surface area contributed by atoms with Crippen LogP contribution in [0, 0.1) is 11.1 Å². The minimum atomic E-state index is -0.853. The van der Waals surface area contributed by atoms with E-state index in [4.69, 9.17) is 42.1 Å². The fourth-order valence-electron chi connectivity index (χ4n) is 5.90. The molecule has 47 heavy (non-hydrogen) atoms. The molecule has 0 spiro atoms. The third-order valence-corrected chi connectivity index (χ3v) is 10.9. The number of ether oxygens (including phenoxy) is 4. The molecule has 3 aromatic heterocycles. The van der Waals surface area contributed by atoms with Gasteiger partial charge in [0.25, 0.3) is 0 Å². The van der Waals surface area contributed by atoms with Crippen molar-refractivity contribution in [2.75, 3.05) is 38.8 Å². The number of halogens is 2. The van der Waals surface area contributed by atoms with Crippen LogP contribution in [0.25, 0.3) is 0 Å². The van der Waals surface area contributed by atoms with Gasteiger partial charge in [-0.15, -0.1) is 22.7 Å². The van der Waals surface area contributed by atoms with Gasteiger partial charge in [-0.3, -0.25) is 4.90 Å². The van der Waals surface area contributed by atoms with E-state index in [1.807, 2.05) is 0 Å². The quantitative estimate of drug-likeness (QED) is 0.0968. The summed E-state index contributed by atoms with van der Waals surface area (Å²) in [6, 6.07) is 8.62. The molecule has 7 rings (SSSR count). The lowest BCUT2D eigenvalue weighted by molar-refractivity contribution is -0.605. The van der Waals surface area contributed by atoms with Gasteiger partial charge in [0.05, 0.1) is 20.8 Å². The number of nitrogens with zero attached hydrogens (tertiary/aromatic N) is 4. The fraction of sp³-hybridized carbons (Fsp3) is 0.375. The number of amides is 1. The molecule has 3 fully saturated rings. The van der Waals surface area contributed by atoms with Crippen molar-refractivity contribution in [1.82, 2.24) is 9.88 Å². The predicted molar refractivity (Wildman–Crippen MR) is 179 cm³/mol. The average Bonchev–Trinajstić information content (AvgIpc) is 3.78. The van der Waals surface area contributed by atoms with Crippen molar-refractivity contribution in [1.29, 1.82) is 0 Å². The fourth-order valence-corrected chi connectivity index (χ4v) is 8.01. The van der Waals surface area contributed by atoms with E-state index >= 15 is 0 Å². The number of pyridine rings is 1. The van der Waals surface area contributed by atoms with Gasteiger partial charge in [-0.1, -0.05) is 29.3 Å². The van der Waals surface area contributed by atoms with Crippen molar-refractivity contribution in [3.63, 3.8) is 0 Å². The molecule has 2 bridgehead atoms. The summed E-state index contributed by atoms with van der Waals surface area (Å²) in [6.45, 7) is 3.01. The van der Waals surface area contributed by atoms with E-state index in [1.54, 1.807) is 41.9 Å². The summed E-state index contributed by atoms with van der Waals surface area (Å²) in [6.07, 6.45) is 4.70. The number of fused-ring (bicyclic) bond motifs is 3. The number of carbonyl (C=O) groups is 2. The summed E-state index contributed by atoms with van der Waals surface area (Å²) in [7, 11) is 3.04. The topological polar surface area (TPSA) is 117 Å². The summed E-state index contributed by atoms with van der Waals surface area (Å²) in [5.41, 5.74) is 1.05. The highest BCUT2D eigenvalue weighted by atomic mass is 35.5. The first-order chi connectivity index (χ1) is 22.7. The maximum atomic E-state index is 13.6. The molecule has 248 valence electrons. The van der Waals surface area contributed by atoms with Crippen LogP contribution in [0.4, 0.5) is 9.93 Å². The molecule has 1 amide bonds. The number of piperidine rings is 3. The molecule has 0 unspecified atom stereocenters. The van der Waals surface area contributed by atoms with Gasteiger partial charge >= 0.3 is 12.1 Å². The normalized spacial score (nSPS) is 19.2. The molecule has 11 nitrogen and oxygen atoms in total. The lowest BCUT2D eigenvalue weighted by Gasteiger charge is -2.44. The summed E-state index contributed by atoms with van der Waals surface area (Å²) >= 11 is 15.3. The van der Waals surface area contributed by atoms with E-state index in [-0.39, 0.29) is 29.1 Å². The van der Waals surface area contributed by atoms with Gasteiger partial charge in [0.15, 0.2) is 29.0 Å². The van der Waals surface area contributed by atoms with Crippen LogP contribution in [0.5, 0.6) is 11.5 Å². The Kier molecular flexibility index (Phi) is 10.4. The second-order valence-corrected chi connectivity index (χ2v) is 14.1. The Balaban J connectivity index is 1.21. The molecule has 3 aliphatic rings. The van der Waals surface area contributed by atoms with Crippen molar-refractivity contribution in [3.8, 4) is 11.5 Å². The standard InChI is InChI=1S/C32H32Cl2N4O7S2/c1-42-25-5-3-20(13-27(25)43-2)26(14-22-23(33)16-37(41)17-24(22)34)44-30(39)29-6-4-21(47-29)15-38(31-35-9-12-46-31)32(40)45-28-18-36-10-7-19(28)8-11-36/h3-6,9,12-13,16-17,19,26,28H,7-8,10-11,14-15,18H2,1-2H3/t26-,28-/m0/s1. The third-order valence-electron chi connectivity index (χ3n) is 8.37. The summed E-state index contributed by atoms with van der Waals surface area (Å²) in [4.78, 5) is 36.4. The minimum absolute atomic E-state index is 0.0845. The predicted octanol–water partition coefficient (Wildman–Crippen LogP) is 6.54. The van der Waals surface area contributed by atoms with E-state index in [0.29, 0.717) is 43.3 Å². The maximum Gasteiger partial charge on any atom is 0.416 e. The molecule has 0 saturated carbocycles. The molecule has 6 heterocycles. The van der Waals surface area contributed by atoms with Crippen molar-refractivity contribution < 1.29 is 33.3 Å². The van der Waals surface area contributed by atoms with Gasteiger partial charge in [0.2, 0.25) is 0 Å². The first-order valence-electron chi connectivity index (χ1n) is 14.9. The van der Waals surface area contributed by atoms with Crippen LogP contribution in [-0.2, 0) is 22.4 Å². The van der Waals surface area contributed by atoms with Crippen molar-refractivity contribution in [3.05, 3.63) is 90.4 Å². The van der Waals surface area contributed by atoms with Gasteiger partial charge in [0, 0.05) is 35.0 Å². The molecule has 3 aliphatic heterocycles. The number of anilines is 1. The smallest absolute Gasteiger partial charge is 0.416 e. The molecule has 2 atom stereocenters. The zero-order valence-electron chi connectivity index (χ0n) is 25.6. The van der Waals surface area contributed by atoms with Gasteiger partial charge in [-0.2, -0.15) is 4.73 Å². The third kappa shape index (κ3) is 7.60. The highest BCUT2D eigenvalue weighted by Crippen LogP contribution is 2.36. The number of thiazole rings is 1. The van der Waals surface area contributed by atoms with Gasteiger partial charge < -0.3 is 24.2 Å². The van der Waals surface area contributed by atoms with Crippen molar-refractivity contribution in [2.45, 2.75) is 38.0 Å². The van der Waals surface area contributed by atoms with E-state index in [2.05, 4.69) is 9.88 Å². The lowest BCUT2D eigenvalue weighted by atomic mass is 9.86. The summed E-state index contributed by atoms with van der Waals surface area (Å²) in [5.74, 6) is 0.730. The Bertz CT molecular complexity index is 1710. The average molecular weight is 720 g/mol. The highest BCUT2D eigenvalue weighted by Gasteiger charge is 2.38. The summed E-state index contributed by atoms with van der Waals surface area (Å²) in [5, 5.41) is 14.5. The number of carbonyl (C=O) groups excluding carboxylic acids is 2. The van der Waals surface area contributed by atoms with Gasteiger partial charge in [0.1, 0.15) is 27.1 Å². The first kappa shape index (κ1) is 33.3. The van der Waals surface area contributed by atoms with Gasteiger partial charge in [-0.05, 0) is 61.7 Å². The van der Waals surface area contributed by atoms with Crippen LogP contribution < -0.4 is 19.1 Å². The number of methoxy groups -OCH3 is 2. The van der Waals surface area contributed by atoms with Crippen LogP contribution in [0.2, 0.25) is 10.0 Å². The number of benzene rings is 1. The molecule has 0 aliphatic carbocycles. The Morgan fingerprint density at radius 3 is 2.49 bits per heavy atom. The Morgan fingerprint density at radius 1 is 1.11 bits per heavy atom. The van der Waals surface area contributed by atoms with E-state index < -0.39 is 18.2 Å². The monoisotopic (exact) mass is 718 g/mol. The number of rotatable bonds is 11. The Morgan fingerprint density at radius 2 is 1.85 bits per heavy atom. The van der Waals surface area contributed by atoms with E-state index in [0.717, 1.165) is 37.4 Å². The molecule has 3 saturated heterocycles. The Hall–Kier alpha value is -3.62. The van der Waals surface area contributed by atoms with E-state index in [1.165, 1.54) is 54.2 Å². The molecular weight excluding hydrogens is 687 g/mol. The zero-order chi connectivity index (χ0) is 33.1. The van der Waals surface area contributed by atoms with Crippen LogP contribution in [0.3, 0.4) is 0 Å². The number of hydrogen-bond donors (Lipinski definition) is 0. The number of esters is 1. The molecule has 1 aromatic carbocycles. The van der Waals surface area contributed by atoms with Crippen LogP contribution in [0.15, 0.2) is 54.3 Å². The molecular formula is C32H32Cl2N4O7S2. The van der Waals surface area contributed by atoms with Gasteiger partial charge in [-0.25, -0.2) is 19.5 Å². The molecule has 4 aromatic rings. The molecule has 0 radical (unpaired) electrons. The first-order valence-corrected chi connectivity index (χ1v) is 17.4. The molecule has 0 N–H and O–H groups in total. The number of thiophene rings is 1. The number of aromatic nitrogens is 2. The maximum absolute atomic E-state index is 13.6. The van der Waals surface area contributed by atoms with Crippen molar-refractivity contribution >= 4 is 63.1 Å². The largest absolute Gasteiger partial charge is 0.619 e. The lowest BCUT2D eigenvalue weighted by Crippen LogP contribution is -2.53. The second kappa shape index (κ2) is 14.7. The van der Waals surface area contributed by atoms with Crippen molar-refractivity contribution in [2.24, 2.45) is 5.92 Å². The van der Waals surface area contributed by atoms with Crippen LogP contribution in [0.1, 0.15) is 44.6 Å². The summed E-state index contributed by atoms with van der Waals surface area (Å²) < 4.78 is 23.4. The highest BCUT2D eigenvalue weighted by molar-refractivity contribution is 7.14. The van der Waals surface area contributed by atoms with Crippen LogP contribution >= 0.6 is 45.9 Å². The SMILES string of the molecule is COc1ccc([C@H](Cc2c(Cl)c[n+]([O-])cc2Cl)OC(=O)c2ccc(CN(C(=O)O[C@H]3CN4CCC3CC4)c3nccs3)s2)cc1OC. The van der Waals surface area contributed by atoms with E-state index in [9.17, 15) is 14.8 Å². The Labute approximate surface area is 289 Å². The second-order valence-electron chi connectivity index (χ2n) is 11.2. The minimum Gasteiger partial charge on any atom is -0.619 e. The molecule has 15 heteroatoms. The van der Waals surface area contributed by atoms with Crippen LogP contribution in [-0.4, -0.2) is 61.9 Å². The number of hydrogen-bond acceptors (Lipinski definition) is 11. The zero-order valence-corrected chi connectivity index (χ0v) is 28.7.